The molecule has 0 radical (unpaired) electrons. The van der Waals surface area contributed by atoms with Crippen molar-refractivity contribution in [2.75, 3.05) is 0 Å². The molecule has 2 rings (SSSR count). The maximum atomic E-state index is 13.6. The van der Waals surface area contributed by atoms with Gasteiger partial charge in [0.15, 0.2) is 0 Å². The molecule has 0 aliphatic carbocycles. The molecule has 0 unspecified atom stereocenters. The van der Waals surface area contributed by atoms with Crippen molar-refractivity contribution in [3.8, 4) is 0 Å². The van der Waals surface area contributed by atoms with E-state index in [0.717, 1.165) is 6.07 Å². The van der Waals surface area contributed by atoms with Gasteiger partial charge >= 0.3 is 0 Å². The summed E-state index contributed by atoms with van der Waals surface area (Å²) in [7, 11) is 0. The number of carbonyl (C=O) groups is 1. The van der Waals surface area contributed by atoms with E-state index in [1.54, 1.807) is 0 Å². The van der Waals surface area contributed by atoms with Gasteiger partial charge in [0.25, 0.3) is 0 Å². The van der Waals surface area contributed by atoms with Crippen molar-refractivity contribution in [3.05, 3.63) is 69.2 Å². The molecule has 5 heteroatoms. The molecule has 0 amide bonds. The molecule has 0 atom stereocenters. The summed E-state index contributed by atoms with van der Waals surface area (Å²) in [6, 6.07) is 8.06. The maximum Gasteiger partial charge on any atom is 0.141 e. The van der Waals surface area contributed by atoms with Crippen LogP contribution in [0.3, 0.4) is 0 Å². The second-order valence-corrected chi connectivity index (χ2v) is 5.14. The standard InChI is InChI=1S/C15H10Cl2F2O/c16-13-2-1-3-15(19)12(13)8-11(20)6-9-4-5-10(18)7-14(9)17/h1-5,7H,6,8H2. The third kappa shape index (κ3) is 3.56. The van der Waals surface area contributed by atoms with Crippen molar-refractivity contribution in [3.63, 3.8) is 0 Å². The Morgan fingerprint density at radius 1 is 1.00 bits per heavy atom. The second kappa shape index (κ2) is 6.33. The van der Waals surface area contributed by atoms with E-state index in [0.29, 0.717) is 5.56 Å². The lowest BCUT2D eigenvalue weighted by Gasteiger charge is -2.06. The van der Waals surface area contributed by atoms with Crippen molar-refractivity contribution in [1.82, 2.24) is 0 Å². The van der Waals surface area contributed by atoms with Crippen LogP contribution in [0.5, 0.6) is 0 Å². The Balaban J connectivity index is 2.13. The SMILES string of the molecule is O=C(Cc1ccc(F)cc1Cl)Cc1c(F)cccc1Cl. The summed E-state index contributed by atoms with van der Waals surface area (Å²) in [5, 5.41) is 0.390. The monoisotopic (exact) mass is 314 g/mol. The van der Waals surface area contributed by atoms with Gasteiger partial charge in [-0.25, -0.2) is 8.78 Å². The Morgan fingerprint density at radius 2 is 1.75 bits per heavy atom. The lowest BCUT2D eigenvalue weighted by atomic mass is 10.0. The number of ketones is 1. The fourth-order valence-electron chi connectivity index (χ4n) is 1.84. The minimum atomic E-state index is -0.518. The van der Waals surface area contributed by atoms with Gasteiger partial charge in [-0.3, -0.25) is 4.79 Å². The first-order chi connectivity index (χ1) is 9.47. The van der Waals surface area contributed by atoms with Crippen LogP contribution in [0.1, 0.15) is 11.1 Å². The highest BCUT2D eigenvalue weighted by Crippen LogP contribution is 2.22. The fraction of sp³-hybridized carbons (Fsp3) is 0.133. The van der Waals surface area contributed by atoms with Crippen molar-refractivity contribution < 1.29 is 13.6 Å². The number of halogens is 4. The number of rotatable bonds is 4. The lowest BCUT2D eigenvalue weighted by Crippen LogP contribution is -2.09. The zero-order valence-electron chi connectivity index (χ0n) is 10.3. The summed E-state index contributed by atoms with van der Waals surface area (Å²) in [4.78, 5) is 11.9. The van der Waals surface area contributed by atoms with Gasteiger partial charge in [-0.1, -0.05) is 35.3 Å². The van der Waals surface area contributed by atoms with E-state index in [2.05, 4.69) is 0 Å². The molecule has 0 aromatic heterocycles. The minimum absolute atomic E-state index is 0.00375. The van der Waals surface area contributed by atoms with Crippen LogP contribution in [0.25, 0.3) is 0 Å². The Kier molecular flexibility index (Phi) is 4.73. The Labute approximate surface area is 125 Å². The molecule has 0 saturated carbocycles. The van der Waals surface area contributed by atoms with Crippen LogP contribution in [0.4, 0.5) is 8.78 Å². The molecule has 2 aromatic rings. The molecular weight excluding hydrogens is 305 g/mol. The molecule has 104 valence electrons. The largest absolute Gasteiger partial charge is 0.299 e. The molecule has 0 spiro atoms. The van der Waals surface area contributed by atoms with Crippen molar-refractivity contribution in [2.24, 2.45) is 0 Å². The maximum absolute atomic E-state index is 13.6. The summed E-state index contributed by atoms with van der Waals surface area (Å²) < 4.78 is 26.5. The fourth-order valence-corrected chi connectivity index (χ4v) is 2.30. The average Bonchev–Trinajstić information content (AvgIpc) is 2.37. The van der Waals surface area contributed by atoms with Crippen molar-refractivity contribution in [2.45, 2.75) is 12.8 Å². The van der Waals surface area contributed by atoms with E-state index in [1.807, 2.05) is 0 Å². The topological polar surface area (TPSA) is 17.1 Å². The van der Waals surface area contributed by atoms with Crippen LogP contribution < -0.4 is 0 Å². The van der Waals surface area contributed by atoms with Crippen LogP contribution in [0.2, 0.25) is 10.0 Å². The highest BCUT2D eigenvalue weighted by molar-refractivity contribution is 6.32. The minimum Gasteiger partial charge on any atom is -0.299 e. The average molecular weight is 315 g/mol. The molecule has 1 nitrogen and oxygen atoms in total. The molecule has 0 aliphatic rings. The molecular formula is C15H10Cl2F2O. The zero-order valence-corrected chi connectivity index (χ0v) is 11.8. The van der Waals surface area contributed by atoms with Crippen LogP contribution >= 0.6 is 23.2 Å². The van der Waals surface area contributed by atoms with Crippen LogP contribution in [-0.4, -0.2) is 5.78 Å². The zero-order chi connectivity index (χ0) is 14.7. The van der Waals surface area contributed by atoms with Gasteiger partial charge in [-0.15, -0.1) is 0 Å². The number of hydrogen-bond donors (Lipinski definition) is 0. The van der Waals surface area contributed by atoms with Crippen molar-refractivity contribution >= 4 is 29.0 Å². The van der Waals surface area contributed by atoms with E-state index < -0.39 is 11.6 Å². The molecule has 0 fully saturated rings. The molecule has 0 heterocycles. The van der Waals surface area contributed by atoms with E-state index in [9.17, 15) is 13.6 Å². The van der Waals surface area contributed by atoms with Crippen LogP contribution in [0, 0.1) is 11.6 Å². The third-order valence-electron chi connectivity index (χ3n) is 2.84. The first kappa shape index (κ1) is 14.9. The van der Waals surface area contributed by atoms with Gasteiger partial charge in [0.2, 0.25) is 0 Å². The smallest absolute Gasteiger partial charge is 0.141 e. The predicted molar refractivity (Wildman–Crippen MR) is 75.2 cm³/mol. The lowest BCUT2D eigenvalue weighted by molar-refractivity contribution is -0.117. The van der Waals surface area contributed by atoms with Gasteiger partial charge in [-0.2, -0.15) is 0 Å². The number of hydrogen-bond acceptors (Lipinski definition) is 1. The Hall–Kier alpha value is -1.45. The van der Waals surface area contributed by atoms with Gasteiger partial charge in [0, 0.05) is 28.5 Å². The highest BCUT2D eigenvalue weighted by atomic mass is 35.5. The van der Waals surface area contributed by atoms with Crippen LogP contribution in [0.15, 0.2) is 36.4 Å². The first-order valence-corrected chi connectivity index (χ1v) is 6.61. The predicted octanol–water partition coefficient (Wildman–Crippen LogP) is 4.63. The van der Waals surface area contributed by atoms with Gasteiger partial charge in [-0.05, 0) is 29.8 Å². The highest BCUT2D eigenvalue weighted by Gasteiger charge is 2.14. The van der Waals surface area contributed by atoms with E-state index >= 15 is 0 Å². The number of carbonyl (C=O) groups excluding carboxylic acids is 1. The summed E-state index contributed by atoms with van der Waals surface area (Å²) in [5.74, 6) is -1.23. The van der Waals surface area contributed by atoms with Gasteiger partial charge in [0.05, 0.1) is 0 Å². The summed E-state index contributed by atoms with van der Waals surface area (Å²) in [6.07, 6.45) is -0.122. The third-order valence-corrected chi connectivity index (χ3v) is 3.54. The number of Topliss-reactive ketones (excluding diaryl/α,β-unsaturated/α-hetero) is 1. The van der Waals surface area contributed by atoms with E-state index in [4.69, 9.17) is 23.2 Å². The molecule has 0 saturated heterocycles. The second-order valence-electron chi connectivity index (χ2n) is 4.33. The number of benzene rings is 2. The molecule has 20 heavy (non-hydrogen) atoms. The normalized spacial score (nSPS) is 10.6. The molecule has 2 aromatic carbocycles. The van der Waals surface area contributed by atoms with Gasteiger partial charge < -0.3 is 0 Å². The summed E-state index contributed by atoms with van der Waals surface area (Å²) in [5.41, 5.74) is 0.669. The van der Waals surface area contributed by atoms with E-state index in [1.165, 1.54) is 30.3 Å². The molecule has 0 aliphatic heterocycles. The van der Waals surface area contributed by atoms with Crippen molar-refractivity contribution in [1.29, 1.82) is 0 Å². The summed E-state index contributed by atoms with van der Waals surface area (Å²) in [6.45, 7) is 0. The molecule has 0 bridgehead atoms. The van der Waals surface area contributed by atoms with E-state index in [-0.39, 0.29) is 34.2 Å². The Bertz CT molecular complexity index is 636. The van der Waals surface area contributed by atoms with Crippen LogP contribution in [-0.2, 0) is 17.6 Å². The first-order valence-electron chi connectivity index (χ1n) is 5.86. The summed E-state index contributed by atoms with van der Waals surface area (Å²) >= 11 is 11.7. The van der Waals surface area contributed by atoms with Gasteiger partial charge in [0.1, 0.15) is 17.4 Å². The Morgan fingerprint density at radius 3 is 2.40 bits per heavy atom. The molecule has 0 N–H and O–H groups in total. The quantitative estimate of drug-likeness (QED) is 0.804.